The molecule has 6 nitrogen and oxygen atoms in total. The Kier molecular flexibility index (Phi) is 2.55. The smallest absolute Gasteiger partial charge is 0.407 e. The van der Waals surface area contributed by atoms with Gasteiger partial charge in [-0.25, -0.2) is 14.3 Å². The van der Waals surface area contributed by atoms with E-state index < -0.39 is 6.09 Å². The summed E-state index contributed by atoms with van der Waals surface area (Å²) in [5.41, 5.74) is 0.763. The molecule has 2 rings (SSSR count). The Labute approximate surface area is 89.9 Å². The second-order valence-electron chi connectivity index (χ2n) is 2.93. The first kappa shape index (κ1) is 9.91. The third-order valence-electron chi connectivity index (χ3n) is 1.79. The largest absolute Gasteiger partial charge is 0.453 e. The zero-order valence-electron chi connectivity index (χ0n) is 8.35. The van der Waals surface area contributed by atoms with Crippen molar-refractivity contribution in [3.63, 3.8) is 0 Å². The SMILES string of the molecule is COC(=O)NCc1cn2nc(C)sc2n1. The average molecular weight is 226 g/mol. The van der Waals surface area contributed by atoms with Crippen molar-refractivity contribution in [3.8, 4) is 0 Å². The summed E-state index contributed by atoms with van der Waals surface area (Å²) in [4.78, 5) is 15.9. The molecule has 15 heavy (non-hydrogen) atoms. The lowest BCUT2D eigenvalue weighted by atomic mass is 10.5. The molecule has 0 aliphatic heterocycles. The van der Waals surface area contributed by atoms with Crippen molar-refractivity contribution < 1.29 is 9.53 Å². The number of aromatic nitrogens is 3. The van der Waals surface area contributed by atoms with Crippen LogP contribution >= 0.6 is 11.3 Å². The highest BCUT2D eigenvalue weighted by atomic mass is 32.1. The van der Waals surface area contributed by atoms with E-state index in [4.69, 9.17) is 0 Å². The number of nitrogens with one attached hydrogen (secondary N) is 1. The fraction of sp³-hybridized carbons (Fsp3) is 0.375. The average Bonchev–Trinajstić information content (AvgIpc) is 2.70. The van der Waals surface area contributed by atoms with Crippen molar-refractivity contribution in [3.05, 3.63) is 16.9 Å². The summed E-state index contributed by atoms with van der Waals surface area (Å²) >= 11 is 1.51. The molecule has 0 saturated heterocycles. The van der Waals surface area contributed by atoms with Gasteiger partial charge in [-0.05, 0) is 6.92 Å². The minimum Gasteiger partial charge on any atom is -0.453 e. The van der Waals surface area contributed by atoms with Crippen LogP contribution in [-0.4, -0.2) is 27.8 Å². The van der Waals surface area contributed by atoms with Crippen LogP contribution in [0.25, 0.3) is 4.96 Å². The van der Waals surface area contributed by atoms with Gasteiger partial charge in [0.05, 0.1) is 25.5 Å². The first-order valence-corrected chi connectivity index (χ1v) is 5.14. The van der Waals surface area contributed by atoms with Crippen molar-refractivity contribution in [2.45, 2.75) is 13.5 Å². The van der Waals surface area contributed by atoms with E-state index in [9.17, 15) is 4.79 Å². The third kappa shape index (κ3) is 2.07. The maximum atomic E-state index is 10.8. The molecule has 80 valence electrons. The van der Waals surface area contributed by atoms with Crippen molar-refractivity contribution in [2.24, 2.45) is 0 Å². The molecular weight excluding hydrogens is 216 g/mol. The van der Waals surface area contributed by atoms with Gasteiger partial charge in [0.15, 0.2) is 0 Å². The molecule has 0 aromatic carbocycles. The normalized spacial score (nSPS) is 10.5. The molecule has 0 aliphatic rings. The van der Waals surface area contributed by atoms with E-state index in [0.717, 1.165) is 15.7 Å². The van der Waals surface area contributed by atoms with Gasteiger partial charge in [0.1, 0.15) is 5.01 Å². The maximum absolute atomic E-state index is 10.8. The Morgan fingerprint density at radius 3 is 3.20 bits per heavy atom. The summed E-state index contributed by atoms with van der Waals surface area (Å²) in [6.07, 6.45) is 1.32. The molecule has 2 heterocycles. The highest BCUT2D eigenvalue weighted by Crippen LogP contribution is 2.13. The number of carbonyl (C=O) groups excluding carboxylic acids is 1. The third-order valence-corrected chi connectivity index (χ3v) is 2.63. The molecule has 0 saturated carbocycles. The predicted molar refractivity (Wildman–Crippen MR) is 54.8 cm³/mol. The topological polar surface area (TPSA) is 68.5 Å². The number of alkyl carbamates (subject to hydrolysis) is 1. The summed E-state index contributed by atoms with van der Waals surface area (Å²) in [6.45, 7) is 2.27. The lowest BCUT2D eigenvalue weighted by Gasteiger charge is -1.99. The van der Waals surface area contributed by atoms with Gasteiger partial charge in [-0.1, -0.05) is 11.3 Å². The Morgan fingerprint density at radius 2 is 2.53 bits per heavy atom. The van der Waals surface area contributed by atoms with E-state index in [-0.39, 0.29) is 0 Å². The number of hydrogen-bond acceptors (Lipinski definition) is 5. The summed E-state index contributed by atoms with van der Waals surface area (Å²) in [5.74, 6) is 0. The summed E-state index contributed by atoms with van der Waals surface area (Å²) in [5, 5.41) is 7.73. The van der Waals surface area contributed by atoms with Gasteiger partial charge in [0.25, 0.3) is 0 Å². The molecule has 0 radical (unpaired) electrons. The van der Waals surface area contributed by atoms with Crippen LogP contribution in [0.15, 0.2) is 6.20 Å². The van der Waals surface area contributed by atoms with Crippen LogP contribution in [-0.2, 0) is 11.3 Å². The molecule has 0 aliphatic carbocycles. The van der Waals surface area contributed by atoms with E-state index in [0.29, 0.717) is 6.54 Å². The van der Waals surface area contributed by atoms with Crippen molar-refractivity contribution in [1.29, 1.82) is 0 Å². The number of rotatable bonds is 2. The van der Waals surface area contributed by atoms with E-state index in [1.165, 1.54) is 18.4 Å². The molecule has 7 heteroatoms. The van der Waals surface area contributed by atoms with Gasteiger partial charge in [0, 0.05) is 0 Å². The Morgan fingerprint density at radius 1 is 1.73 bits per heavy atom. The number of methoxy groups -OCH3 is 1. The van der Waals surface area contributed by atoms with E-state index in [1.807, 2.05) is 6.92 Å². The molecule has 0 atom stereocenters. The monoisotopic (exact) mass is 226 g/mol. The lowest BCUT2D eigenvalue weighted by molar-refractivity contribution is 0.170. The first-order valence-electron chi connectivity index (χ1n) is 4.32. The molecule has 0 bridgehead atoms. The van der Waals surface area contributed by atoms with Gasteiger partial charge >= 0.3 is 6.09 Å². The van der Waals surface area contributed by atoms with Crippen molar-refractivity contribution in [2.75, 3.05) is 7.11 Å². The minimum atomic E-state index is -0.463. The van der Waals surface area contributed by atoms with Gasteiger partial charge in [-0.3, -0.25) is 0 Å². The molecular formula is C8H10N4O2S. The van der Waals surface area contributed by atoms with Gasteiger partial charge in [0.2, 0.25) is 4.96 Å². The molecule has 0 spiro atoms. The van der Waals surface area contributed by atoms with Gasteiger partial charge < -0.3 is 10.1 Å². The number of fused-ring (bicyclic) bond motifs is 1. The zero-order chi connectivity index (χ0) is 10.8. The highest BCUT2D eigenvalue weighted by molar-refractivity contribution is 7.16. The summed E-state index contributed by atoms with van der Waals surface area (Å²) in [7, 11) is 1.33. The molecule has 2 aromatic heterocycles. The highest BCUT2D eigenvalue weighted by Gasteiger charge is 2.06. The Bertz CT molecular complexity index is 458. The number of imidazole rings is 1. The number of aryl methyl sites for hydroxylation is 1. The van der Waals surface area contributed by atoms with Crippen LogP contribution < -0.4 is 5.32 Å². The summed E-state index contributed by atoms with van der Waals surface area (Å²) in [6, 6.07) is 0. The molecule has 1 amide bonds. The quantitative estimate of drug-likeness (QED) is 0.828. The Balaban J connectivity index is 2.09. The van der Waals surface area contributed by atoms with E-state index in [1.54, 1.807) is 10.7 Å². The fourth-order valence-electron chi connectivity index (χ4n) is 1.16. The number of nitrogens with zero attached hydrogens (tertiary/aromatic N) is 3. The van der Waals surface area contributed by atoms with Crippen molar-refractivity contribution >= 4 is 22.4 Å². The first-order chi connectivity index (χ1) is 7.19. The molecule has 2 aromatic rings. The molecule has 0 unspecified atom stereocenters. The lowest BCUT2D eigenvalue weighted by Crippen LogP contribution is -2.22. The van der Waals surface area contributed by atoms with E-state index >= 15 is 0 Å². The number of amides is 1. The number of ether oxygens (including phenoxy) is 1. The van der Waals surface area contributed by atoms with Crippen LogP contribution in [0, 0.1) is 6.92 Å². The summed E-state index contributed by atoms with van der Waals surface area (Å²) < 4.78 is 6.15. The van der Waals surface area contributed by atoms with E-state index in [2.05, 4.69) is 20.1 Å². The fourth-order valence-corrected chi connectivity index (χ4v) is 1.91. The molecule has 1 N–H and O–H groups in total. The number of hydrogen-bond donors (Lipinski definition) is 1. The second kappa shape index (κ2) is 3.85. The minimum absolute atomic E-state index is 0.349. The number of carbonyl (C=O) groups is 1. The van der Waals surface area contributed by atoms with Crippen LogP contribution in [0.4, 0.5) is 4.79 Å². The zero-order valence-corrected chi connectivity index (χ0v) is 9.17. The van der Waals surface area contributed by atoms with Crippen LogP contribution in [0.3, 0.4) is 0 Å². The van der Waals surface area contributed by atoms with Gasteiger partial charge in [-0.2, -0.15) is 5.10 Å². The van der Waals surface area contributed by atoms with Crippen molar-refractivity contribution in [1.82, 2.24) is 19.9 Å². The molecule has 0 fully saturated rings. The Hall–Kier alpha value is -1.63. The van der Waals surface area contributed by atoms with Crippen LogP contribution in [0.2, 0.25) is 0 Å². The standard InChI is InChI=1S/C8H10N4O2S/c1-5-11-12-4-6(10-7(12)15-5)3-9-8(13)14-2/h4H,3H2,1-2H3,(H,9,13). The van der Waals surface area contributed by atoms with Gasteiger partial charge in [-0.15, -0.1) is 0 Å². The second-order valence-corrected chi connectivity index (χ2v) is 4.09. The van der Waals surface area contributed by atoms with Crippen LogP contribution in [0.5, 0.6) is 0 Å². The predicted octanol–water partition coefficient (Wildman–Crippen LogP) is 0.955. The maximum Gasteiger partial charge on any atom is 0.407 e. The van der Waals surface area contributed by atoms with Crippen LogP contribution in [0.1, 0.15) is 10.7 Å².